The Kier molecular flexibility index (Phi) is 3.96. The number of hydrogen-bond acceptors (Lipinski definition) is 3. The first kappa shape index (κ1) is 10.6. The van der Waals surface area contributed by atoms with Gasteiger partial charge in [-0.05, 0) is 24.1 Å². The van der Waals surface area contributed by atoms with Crippen LogP contribution >= 0.6 is 0 Å². The first-order valence-electron chi connectivity index (χ1n) is 4.55. The average molecular weight is 191 g/mol. The van der Waals surface area contributed by atoms with Crippen molar-refractivity contribution in [3.63, 3.8) is 0 Å². The molecule has 14 heavy (non-hydrogen) atoms. The summed E-state index contributed by atoms with van der Waals surface area (Å²) in [6.07, 6.45) is 0.276. The van der Waals surface area contributed by atoms with Crippen LogP contribution in [0, 0.1) is 11.3 Å². The molecule has 0 amide bonds. The predicted molar refractivity (Wildman–Crippen MR) is 52.8 cm³/mol. The van der Waals surface area contributed by atoms with E-state index in [0.29, 0.717) is 12.2 Å². The Bertz CT molecular complexity index is 313. The van der Waals surface area contributed by atoms with Crippen LogP contribution < -0.4 is 4.74 Å². The van der Waals surface area contributed by atoms with E-state index in [1.54, 1.807) is 24.3 Å². The summed E-state index contributed by atoms with van der Waals surface area (Å²) in [7, 11) is 0. The van der Waals surface area contributed by atoms with Gasteiger partial charge in [0.2, 0.25) is 0 Å². The lowest BCUT2D eigenvalue weighted by Crippen LogP contribution is -1.96. The van der Waals surface area contributed by atoms with Gasteiger partial charge in [-0.15, -0.1) is 0 Å². The summed E-state index contributed by atoms with van der Waals surface area (Å²) >= 11 is 0. The molecule has 1 rings (SSSR count). The number of benzene rings is 1. The number of ether oxygens (including phenoxy) is 1. The molecule has 3 heteroatoms. The zero-order chi connectivity index (χ0) is 10.4. The predicted octanol–water partition coefficient (Wildman–Crippen LogP) is 2.03. The van der Waals surface area contributed by atoms with Crippen LogP contribution in [0.3, 0.4) is 0 Å². The van der Waals surface area contributed by atoms with Crippen LogP contribution in [0.15, 0.2) is 24.3 Å². The van der Waals surface area contributed by atoms with Crippen molar-refractivity contribution in [2.24, 2.45) is 0 Å². The van der Waals surface area contributed by atoms with Crippen LogP contribution in [-0.4, -0.2) is 11.7 Å². The van der Waals surface area contributed by atoms with Gasteiger partial charge in [0.05, 0.1) is 6.10 Å². The average Bonchev–Trinajstić information content (AvgIpc) is 2.26. The molecule has 0 heterocycles. The molecule has 1 aromatic rings. The van der Waals surface area contributed by atoms with Crippen molar-refractivity contribution < 1.29 is 9.84 Å². The molecule has 0 aromatic heterocycles. The Balaban J connectivity index is 2.64. The summed E-state index contributed by atoms with van der Waals surface area (Å²) in [4.78, 5) is 0. The van der Waals surface area contributed by atoms with E-state index in [1.807, 2.05) is 13.0 Å². The van der Waals surface area contributed by atoms with Gasteiger partial charge in [-0.25, -0.2) is 0 Å². The second-order valence-electron chi connectivity index (χ2n) is 2.94. The molecule has 0 aliphatic carbocycles. The third-order valence-corrected chi connectivity index (χ3v) is 1.95. The minimum Gasteiger partial charge on any atom is -0.479 e. The molecule has 0 spiro atoms. The Morgan fingerprint density at radius 1 is 1.43 bits per heavy atom. The maximum atomic E-state index is 9.50. The minimum atomic E-state index is -0.417. The molecule has 3 nitrogen and oxygen atoms in total. The van der Waals surface area contributed by atoms with E-state index in [4.69, 9.17) is 10.00 Å². The number of nitriles is 1. The third-order valence-electron chi connectivity index (χ3n) is 1.95. The van der Waals surface area contributed by atoms with Gasteiger partial charge >= 0.3 is 0 Å². The summed E-state index contributed by atoms with van der Waals surface area (Å²) < 4.78 is 5.08. The third kappa shape index (κ3) is 2.75. The largest absolute Gasteiger partial charge is 0.479 e. The van der Waals surface area contributed by atoms with Gasteiger partial charge in [-0.3, -0.25) is 0 Å². The molecular weight excluding hydrogens is 178 g/mol. The van der Waals surface area contributed by atoms with Crippen molar-refractivity contribution in [1.82, 2.24) is 0 Å². The summed E-state index contributed by atoms with van der Waals surface area (Å²) in [6.45, 7) is 1.97. The van der Waals surface area contributed by atoms with Crippen LogP contribution in [0.4, 0.5) is 0 Å². The van der Waals surface area contributed by atoms with Crippen LogP contribution in [-0.2, 0) is 0 Å². The monoisotopic (exact) mass is 191 g/mol. The topological polar surface area (TPSA) is 53.2 Å². The highest BCUT2D eigenvalue weighted by Crippen LogP contribution is 2.19. The molecule has 0 saturated heterocycles. The van der Waals surface area contributed by atoms with E-state index in [2.05, 4.69) is 0 Å². The van der Waals surface area contributed by atoms with E-state index >= 15 is 0 Å². The highest BCUT2D eigenvalue weighted by atomic mass is 16.5. The Morgan fingerprint density at radius 2 is 2.07 bits per heavy atom. The SMILES string of the molecule is CC[C@@H](O)c1ccc(OCC#N)cc1. The molecule has 0 aliphatic heterocycles. The van der Waals surface area contributed by atoms with Crippen molar-refractivity contribution >= 4 is 0 Å². The van der Waals surface area contributed by atoms with Crippen LogP contribution in [0.1, 0.15) is 25.0 Å². The lowest BCUT2D eigenvalue weighted by Gasteiger charge is -2.08. The second-order valence-corrected chi connectivity index (χ2v) is 2.94. The number of rotatable bonds is 4. The van der Waals surface area contributed by atoms with Crippen LogP contribution in [0.25, 0.3) is 0 Å². The van der Waals surface area contributed by atoms with Gasteiger partial charge in [-0.2, -0.15) is 5.26 Å². The fraction of sp³-hybridized carbons (Fsp3) is 0.364. The zero-order valence-corrected chi connectivity index (χ0v) is 8.10. The Hall–Kier alpha value is -1.53. The van der Waals surface area contributed by atoms with Crippen LogP contribution in [0.2, 0.25) is 0 Å². The number of hydrogen-bond donors (Lipinski definition) is 1. The first-order valence-corrected chi connectivity index (χ1v) is 4.55. The van der Waals surface area contributed by atoms with Gasteiger partial charge in [0.1, 0.15) is 11.8 Å². The molecule has 1 aromatic carbocycles. The maximum absolute atomic E-state index is 9.50. The normalized spacial score (nSPS) is 11.8. The van der Waals surface area contributed by atoms with Gasteiger partial charge in [-0.1, -0.05) is 19.1 Å². The first-order chi connectivity index (χ1) is 6.77. The minimum absolute atomic E-state index is 0.0513. The molecule has 0 radical (unpaired) electrons. The van der Waals surface area contributed by atoms with Gasteiger partial charge in [0.15, 0.2) is 6.61 Å². The summed E-state index contributed by atoms with van der Waals surface area (Å²) in [5.74, 6) is 0.651. The molecular formula is C11H13NO2. The molecule has 0 saturated carbocycles. The van der Waals surface area contributed by atoms with Crippen molar-refractivity contribution in [3.05, 3.63) is 29.8 Å². The van der Waals surface area contributed by atoms with Crippen molar-refractivity contribution in [2.45, 2.75) is 19.4 Å². The van der Waals surface area contributed by atoms with Gasteiger partial charge in [0.25, 0.3) is 0 Å². The molecule has 0 aliphatic rings. The van der Waals surface area contributed by atoms with E-state index in [-0.39, 0.29) is 6.61 Å². The fourth-order valence-corrected chi connectivity index (χ4v) is 1.14. The quantitative estimate of drug-likeness (QED) is 0.792. The van der Waals surface area contributed by atoms with Crippen molar-refractivity contribution in [2.75, 3.05) is 6.61 Å². The van der Waals surface area contributed by atoms with E-state index in [1.165, 1.54) is 0 Å². The molecule has 0 bridgehead atoms. The van der Waals surface area contributed by atoms with Gasteiger partial charge in [0, 0.05) is 0 Å². The smallest absolute Gasteiger partial charge is 0.174 e. The van der Waals surface area contributed by atoms with E-state index in [9.17, 15) is 5.11 Å². The molecule has 0 fully saturated rings. The summed E-state index contributed by atoms with van der Waals surface area (Å²) in [5, 5.41) is 17.8. The molecule has 1 atom stereocenters. The van der Waals surface area contributed by atoms with Gasteiger partial charge < -0.3 is 9.84 Å². The molecule has 0 unspecified atom stereocenters. The number of nitrogens with zero attached hydrogens (tertiary/aromatic N) is 1. The highest BCUT2D eigenvalue weighted by molar-refractivity contribution is 5.28. The maximum Gasteiger partial charge on any atom is 0.174 e. The fourth-order valence-electron chi connectivity index (χ4n) is 1.14. The molecule has 74 valence electrons. The van der Waals surface area contributed by atoms with Crippen molar-refractivity contribution in [1.29, 1.82) is 5.26 Å². The molecule has 1 N–H and O–H groups in total. The summed E-state index contributed by atoms with van der Waals surface area (Å²) in [5.41, 5.74) is 0.872. The summed E-state index contributed by atoms with van der Waals surface area (Å²) in [6, 6.07) is 9.02. The van der Waals surface area contributed by atoms with E-state index < -0.39 is 6.10 Å². The van der Waals surface area contributed by atoms with Crippen LogP contribution in [0.5, 0.6) is 5.75 Å². The lowest BCUT2D eigenvalue weighted by molar-refractivity contribution is 0.173. The zero-order valence-electron chi connectivity index (χ0n) is 8.10. The second kappa shape index (κ2) is 5.25. The number of aliphatic hydroxyl groups excluding tert-OH is 1. The number of aliphatic hydroxyl groups is 1. The standard InChI is InChI=1S/C11H13NO2/c1-2-11(13)9-3-5-10(6-4-9)14-8-7-12/h3-6,11,13H,2,8H2,1H3/t11-/m1/s1. The lowest BCUT2D eigenvalue weighted by atomic mass is 10.1. The highest BCUT2D eigenvalue weighted by Gasteiger charge is 2.03. The Labute approximate surface area is 83.6 Å². The van der Waals surface area contributed by atoms with E-state index in [0.717, 1.165) is 5.56 Å². The Morgan fingerprint density at radius 3 is 2.57 bits per heavy atom. The van der Waals surface area contributed by atoms with Crippen molar-refractivity contribution in [3.8, 4) is 11.8 Å².